The summed E-state index contributed by atoms with van der Waals surface area (Å²) in [4.78, 5) is 0. The van der Waals surface area contributed by atoms with Gasteiger partial charge >= 0.3 is 0 Å². The molecule has 0 spiro atoms. The van der Waals surface area contributed by atoms with Crippen molar-refractivity contribution in [2.24, 2.45) is 0 Å². The van der Waals surface area contributed by atoms with Crippen molar-refractivity contribution in [1.29, 1.82) is 0 Å². The highest BCUT2D eigenvalue weighted by molar-refractivity contribution is 5.43. The van der Waals surface area contributed by atoms with Crippen LogP contribution in [0.5, 0.6) is 0 Å². The van der Waals surface area contributed by atoms with E-state index in [0.29, 0.717) is 0 Å². The molecule has 0 fully saturated rings. The lowest BCUT2D eigenvalue weighted by Gasteiger charge is -2.30. The van der Waals surface area contributed by atoms with E-state index in [1.807, 2.05) is 67.6 Å². The fourth-order valence-corrected chi connectivity index (χ4v) is 2.02. The molecule has 0 aliphatic rings. The van der Waals surface area contributed by atoms with E-state index in [9.17, 15) is 5.11 Å². The molecule has 0 unspecified atom stereocenters. The Labute approximate surface area is 102 Å². The fourth-order valence-electron chi connectivity index (χ4n) is 2.02. The maximum atomic E-state index is 10.9. The molecule has 1 N–H and O–H groups in total. The number of aliphatic hydroxyl groups is 1. The lowest BCUT2D eigenvalue weighted by atomic mass is 9.81. The van der Waals surface area contributed by atoms with Gasteiger partial charge < -0.3 is 5.11 Å². The minimum atomic E-state index is -1.11. The van der Waals surface area contributed by atoms with Gasteiger partial charge in [-0.25, -0.2) is 0 Å². The molecule has 0 atom stereocenters. The predicted octanol–water partition coefficient (Wildman–Crippen LogP) is 3.50. The second-order valence-electron chi connectivity index (χ2n) is 4.22. The van der Waals surface area contributed by atoms with Gasteiger partial charge in [0.1, 0.15) is 5.60 Å². The summed E-state index contributed by atoms with van der Waals surface area (Å²) in [5.41, 5.74) is 1.30. The van der Waals surface area contributed by atoms with Crippen molar-refractivity contribution in [2.75, 3.05) is 0 Å². The van der Waals surface area contributed by atoms with Crippen LogP contribution in [0.2, 0.25) is 0 Å². The first-order valence-corrected chi connectivity index (χ1v) is 5.65. The summed E-state index contributed by atoms with van der Waals surface area (Å²) in [5, 5.41) is 10.9. The minimum Gasteiger partial charge on any atom is -0.376 e. The Balaban J connectivity index is 2.59. The SMILES string of the molecule is C=C(C)C(O)(c1ccccc1)c1ccccc1. The Bertz CT molecular complexity index is 460. The highest BCUT2D eigenvalue weighted by Crippen LogP contribution is 2.35. The molecule has 2 aromatic carbocycles. The number of hydrogen-bond acceptors (Lipinski definition) is 1. The maximum Gasteiger partial charge on any atom is 0.136 e. The van der Waals surface area contributed by atoms with Crippen molar-refractivity contribution >= 4 is 0 Å². The van der Waals surface area contributed by atoms with Gasteiger partial charge in [0.2, 0.25) is 0 Å². The molecule has 0 aliphatic heterocycles. The molecule has 0 saturated carbocycles. The number of rotatable bonds is 3. The summed E-state index contributed by atoms with van der Waals surface area (Å²) in [6, 6.07) is 19.2. The molecule has 0 amide bonds. The van der Waals surface area contributed by atoms with Gasteiger partial charge in [-0.15, -0.1) is 0 Å². The first-order chi connectivity index (χ1) is 8.15. The van der Waals surface area contributed by atoms with Gasteiger partial charge in [0.05, 0.1) is 0 Å². The standard InChI is InChI=1S/C16H16O/c1-13(2)16(17,14-9-5-3-6-10-14)15-11-7-4-8-12-15/h3-12,17H,1H2,2H3. The zero-order chi connectivity index (χ0) is 12.3. The topological polar surface area (TPSA) is 20.2 Å². The molecule has 0 saturated heterocycles. The van der Waals surface area contributed by atoms with Crippen molar-refractivity contribution in [2.45, 2.75) is 12.5 Å². The Morgan fingerprint density at radius 3 is 1.53 bits per heavy atom. The van der Waals surface area contributed by atoms with E-state index in [-0.39, 0.29) is 0 Å². The quantitative estimate of drug-likeness (QED) is 0.791. The van der Waals surface area contributed by atoms with Gasteiger partial charge in [-0.3, -0.25) is 0 Å². The van der Waals surface area contributed by atoms with Gasteiger partial charge in [0.15, 0.2) is 0 Å². The van der Waals surface area contributed by atoms with Crippen LogP contribution < -0.4 is 0 Å². The number of benzene rings is 2. The van der Waals surface area contributed by atoms with E-state index < -0.39 is 5.60 Å². The Morgan fingerprint density at radius 1 is 0.882 bits per heavy atom. The summed E-state index contributed by atoms with van der Waals surface area (Å²) in [6.07, 6.45) is 0. The van der Waals surface area contributed by atoms with E-state index in [1.54, 1.807) is 0 Å². The van der Waals surface area contributed by atoms with Gasteiger partial charge in [-0.1, -0.05) is 67.2 Å². The molecule has 86 valence electrons. The van der Waals surface area contributed by atoms with E-state index in [2.05, 4.69) is 6.58 Å². The van der Waals surface area contributed by atoms with Crippen LogP contribution in [0.1, 0.15) is 18.1 Å². The maximum absolute atomic E-state index is 10.9. The van der Waals surface area contributed by atoms with Crippen LogP contribution in [0.4, 0.5) is 0 Å². The third-order valence-corrected chi connectivity index (χ3v) is 3.00. The van der Waals surface area contributed by atoms with Crippen LogP contribution in [0.3, 0.4) is 0 Å². The van der Waals surface area contributed by atoms with E-state index >= 15 is 0 Å². The van der Waals surface area contributed by atoms with Crippen LogP contribution in [-0.2, 0) is 5.60 Å². The Hall–Kier alpha value is -1.86. The largest absolute Gasteiger partial charge is 0.376 e. The second kappa shape index (κ2) is 4.56. The van der Waals surface area contributed by atoms with Gasteiger partial charge in [0.25, 0.3) is 0 Å². The molecule has 0 bridgehead atoms. The van der Waals surface area contributed by atoms with Gasteiger partial charge in [0, 0.05) is 0 Å². The average molecular weight is 224 g/mol. The van der Waals surface area contributed by atoms with Gasteiger partial charge in [-0.2, -0.15) is 0 Å². The molecule has 0 heterocycles. The third-order valence-electron chi connectivity index (χ3n) is 3.00. The van der Waals surface area contributed by atoms with Gasteiger partial charge in [-0.05, 0) is 23.6 Å². The van der Waals surface area contributed by atoms with Crippen LogP contribution in [0.15, 0.2) is 72.8 Å². The van der Waals surface area contributed by atoms with Crippen LogP contribution >= 0.6 is 0 Å². The Morgan fingerprint density at radius 2 is 1.24 bits per heavy atom. The predicted molar refractivity (Wildman–Crippen MR) is 70.7 cm³/mol. The average Bonchev–Trinajstić information content (AvgIpc) is 2.39. The smallest absolute Gasteiger partial charge is 0.136 e. The molecular formula is C16H16O. The van der Waals surface area contributed by atoms with E-state index in [0.717, 1.165) is 16.7 Å². The first-order valence-electron chi connectivity index (χ1n) is 5.65. The molecule has 2 aromatic rings. The Kier molecular flexibility index (Phi) is 3.12. The summed E-state index contributed by atoms with van der Waals surface area (Å²) < 4.78 is 0. The summed E-state index contributed by atoms with van der Waals surface area (Å²) in [5.74, 6) is 0. The fraction of sp³-hybridized carbons (Fsp3) is 0.125. The van der Waals surface area contributed by atoms with Crippen molar-refractivity contribution in [3.05, 3.63) is 83.9 Å². The lowest BCUT2D eigenvalue weighted by molar-refractivity contribution is 0.121. The first kappa shape index (κ1) is 11.6. The molecule has 0 aliphatic carbocycles. The molecule has 1 heteroatoms. The third kappa shape index (κ3) is 2.02. The van der Waals surface area contributed by atoms with Crippen molar-refractivity contribution in [3.63, 3.8) is 0 Å². The molecule has 0 radical (unpaired) electrons. The van der Waals surface area contributed by atoms with Crippen LogP contribution in [0, 0.1) is 0 Å². The zero-order valence-electron chi connectivity index (χ0n) is 9.93. The molecule has 2 rings (SSSR count). The molecular weight excluding hydrogens is 208 g/mol. The zero-order valence-corrected chi connectivity index (χ0v) is 9.93. The minimum absolute atomic E-state index is 0.718. The second-order valence-corrected chi connectivity index (χ2v) is 4.22. The van der Waals surface area contributed by atoms with Crippen LogP contribution in [-0.4, -0.2) is 5.11 Å². The summed E-state index contributed by atoms with van der Waals surface area (Å²) in [7, 11) is 0. The molecule has 0 aromatic heterocycles. The monoisotopic (exact) mass is 224 g/mol. The molecule has 17 heavy (non-hydrogen) atoms. The van der Waals surface area contributed by atoms with Crippen LogP contribution in [0.25, 0.3) is 0 Å². The van der Waals surface area contributed by atoms with Crippen molar-refractivity contribution in [1.82, 2.24) is 0 Å². The van der Waals surface area contributed by atoms with E-state index in [1.165, 1.54) is 0 Å². The number of hydrogen-bond donors (Lipinski definition) is 1. The van der Waals surface area contributed by atoms with Crippen molar-refractivity contribution < 1.29 is 5.11 Å². The van der Waals surface area contributed by atoms with E-state index in [4.69, 9.17) is 0 Å². The van der Waals surface area contributed by atoms with Crippen molar-refractivity contribution in [3.8, 4) is 0 Å². The summed E-state index contributed by atoms with van der Waals surface area (Å²) >= 11 is 0. The highest BCUT2D eigenvalue weighted by atomic mass is 16.3. The highest BCUT2D eigenvalue weighted by Gasteiger charge is 2.31. The summed E-state index contributed by atoms with van der Waals surface area (Å²) in [6.45, 7) is 5.78. The normalized spacial score (nSPS) is 11.2. The molecule has 1 nitrogen and oxygen atoms in total. The lowest BCUT2D eigenvalue weighted by Crippen LogP contribution is -2.28.